The molecule has 3 aromatic rings. The predicted octanol–water partition coefficient (Wildman–Crippen LogP) is 2.62. The summed E-state index contributed by atoms with van der Waals surface area (Å²) in [5, 5.41) is 0. The van der Waals surface area contributed by atoms with Crippen LogP contribution in [0.2, 0.25) is 0 Å². The average molecular weight is 385 g/mol. The van der Waals surface area contributed by atoms with Crippen molar-refractivity contribution in [1.82, 2.24) is 24.2 Å². The summed E-state index contributed by atoms with van der Waals surface area (Å²) in [5.41, 5.74) is 4.42. The molecule has 1 aliphatic rings. The number of nitrogens with zero attached hydrogens (tertiary/aromatic N) is 4. The number of hydrogen-bond donors (Lipinski definition) is 1. The lowest BCUT2D eigenvalue weighted by Gasteiger charge is -2.18. The van der Waals surface area contributed by atoms with Gasteiger partial charge in [-0.2, -0.15) is 0 Å². The van der Waals surface area contributed by atoms with Crippen molar-refractivity contribution in [2.24, 2.45) is 5.92 Å². The zero-order valence-electron chi connectivity index (χ0n) is 15.3. The van der Waals surface area contributed by atoms with Crippen LogP contribution < -0.4 is 0 Å². The number of sulfonamides is 1. The highest BCUT2D eigenvalue weighted by atomic mass is 32.2. The lowest BCUT2D eigenvalue weighted by Crippen LogP contribution is -2.30. The maximum atomic E-state index is 11.8. The third kappa shape index (κ3) is 4.01. The summed E-state index contributed by atoms with van der Waals surface area (Å²) >= 11 is 0. The molecule has 1 atom stereocenters. The van der Waals surface area contributed by atoms with Crippen molar-refractivity contribution in [2.45, 2.75) is 25.7 Å². The van der Waals surface area contributed by atoms with Crippen molar-refractivity contribution in [3.63, 3.8) is 0 Å². The standard InChI is InChI=1S/C19H23N5O2S/c1-27(25,26)24-10-3-4-14(7-11-24)12-17-15(5-2-8-20-17)18-13-22-19-16(23-18)6-9-21-19/h2,5-6,8-9,13-14H,3-4,7,10-12H2,1H3,(H,21,22). The summed E-state index contributed by atoms with van der Waals surface area (Å²) in [7, 11) is -3.12. The van der Waals surface area contributed by atoms with E-state index in [1.165, 1.54) is 6.26 Å². The fraction of sp³-hybridized carbons (Fsp3) is 0.421. The maximum absolute atomic E-state index is 11.8. The molecule has 4 rings (SSSR count). The molecule has 0 aliphatic carbocycles. The summed E-state index contributed by atoms with van der Waals surface area (Å²) in [6, 6.07) is 5.86. The van der Waals surface area contributed by atoms with Gasteiger partial charge in [0, 0.05) is 31.0 Å². The number of fused-ring (bicyclic) bond motifs is 1. The molecule has 0 spiro atoms. The predicted molar refractivity (Wildman–Crippen MR) is 105 cm³/mol. The Morgan fingerprint density at radius 3 is 2.96 bits per heavy atom. The summed E-state index contributed by atoms with van der Waals surface area (Å²) in [4.78, 5) is 16.8. The second-order valence-electron chi connectivity index (χ2n) is 7.13. The number of aromatic nitrogens is 4. The van der Waals surface area contributed by atoms with Crippen LogP contribution in [0.1, 0.15) is 25.0 Å². The van der Waals surface area contributed by atoms with Gasteiger partial charge in [-0.15, -0.1) is 0 Å². The van der Waals surface area contributed by atoms with Gasteiger partial charge in [-0.3, -0.25) is 4.98 Å². The molecule has 1 saturated heterocycles. The Bertz CT molecular complexity index is 1050. The van der Waals surface area contributed by atoms with E-state index in [-0.39, 0.29) is 0 Å². The molecular weight excluding hydrogens is 362 g/mol. The number of hydrogen-bond acceptors (Lipinski definition) is 5. The van der Waals surface area contributed by atoms with E-state index in [9.17, 15) is 8.42 Å². The fourth-order valence-corrected chi connectivity index (χ4v) is 4.64. The molecule has 3 aromatic heterocycles. The highest BCUT2D eigenvalue weighted by Crippen LogP contribution is 2.27. The van der Waals surface area contributed by atoms with E-state index in [0.29, 0.717) is 19.0 Å². The highest BCUT2D eigenvalue weighted by molar-refractivity contribution is 7.88. The van der Waals surface area contributed by atoms with Crippen LogP contribution in [0, 0.1) is 5.92 Å². The number of pyridine rings is 1. The van der Waals surface area contributed by atoms with Crippen LogP contribution in [0.25, 0.3) is 22.4 Å². The van der Waals surface area contributed by atoms with E-state index < -0.39 is 10.0 Å². The van der Waals surface area contributed by atoms with Crippen molar-refractivity contribution in [3.8, 4) is 11.3 Å². The van der Waals surface area contributed by atoms with Gasteiger partial charge in [0.25, 0.3) is 0 Å². The van der Waals surface area contributed by atoms with Gasteiger partial charge in [-0.25, -0.2) is 22.7 Å². The minimum Gasteiger partial charge on any atom is -0.345 e. The summed E-state index contributed by atoms with van der Waals surface area (Å²) in [6.45, 7) is 1.20. The molecule has 1 fully saturated rings. The van der Waals surface area contributed by atoms with Crippen LogP contribution in [-0.4, -0.2) is 52.0 Å². The fourth-order valence-electron chi connectivity index (χ4n) is 3.74. The van der Waals surface area contributed by atoms with Crippen LogP contribution in [0.4, 0.5) is 0 Å². The quantitative estimate of drug-likeness (QED) is 0.745. The van der Waals surface area contributed by atoms with Crippen molar-refractivity contribution in [1.29, 1.82) is 0 Å². The van der Waals surface area contributed by atoms with Crippen LogP contribution in [-0.2, 0) is 16.4 Å². The molecule has 4 heterocycles. The first-order chi connectivity index (χ1) is 13.0. The molecule has 8 heteroatoms. The molecule has 142 valence electrons. The molecule has 0 aromatic carbocycles. The Balaban J connectivity index is 1.56. The van der Waals surface area contributed by atoms with Crippen molar-refractivity contribution < 1.29 is 8.42 Å². The monoisotopic (exact) mass is 385 g/mol. The smallest absolute Gasteiger partial charge is 0.211 e. The number of H-pyrrole nitrogens is 1. The SMILES string of the molecule is CS(=O)(=O)N1CCCC(Cc2ncccc2-c2cnc3[nH]ccc3n2)CC1. The summed E-state index contributed by atoms with van der Waals surface area (Å²) in [6.07, 6.45) is 10.3. The first-order valence-corrected chi connectivity index (χ1v) is 11.0. The molecule has 0 radical (unpaired) electrons. The second-order valence-corrected chi connectivity index (χ2v) is 9.11. The van der Waals surface area contributed by atoms with Gasteiger partial charge in [0.15, 0.2) is 5.65 Å². The Kier molecular flexibility index (Phi) is 4.92. The minimum atomic E-state index is -3.12. The Morgan fingerprint density at radius 1 is 1.22 bits per heavy atom. The zero-order chi connectivity index (χ0) is 18.9. The molecule has 1 unspecified atom stereocenters. The van der Waals surface area contributed by atoms with Gasteiger partial charge in [-0.1, -0.05) is 0 Å². The van der Waals surface area contributed by atoms with Crippen molar-refractivity contribution in [2.75, 3.05) is 19.3 Å². The molecule has 1 N–H and O–H groups in total. The molecule has 7 nitrogen and oxygen atoms in total. The molecule has 0 amide bonds. The Labute approximate surface area is 158 Å². The van der Waals surface area contributed by atoms with Gasteiger partial charge in [0.05, 0.1) is 23.8 Å². The van der Waals surface area contributed by atoms with Crippen LogP contribution >= 0.6 is 0 Å². The van der Waals surface area contributed by atoms with Gasteiger partial charge >= 0.3 is 0 Å². The molecule has 1 aliphatic heterocycles. The highest BCUT2D eigenvalue weighted by Gasteiger charge is 2.24. The Hall–Kier alpha value is -2.32. The van der Waals surface area contributed by atoms with Gasteiger partial charge < -0.3 is 4.98 Å². The zero-order valence-corrected chi connectivity index (χ0v) is 16.1. The lowest BCUT2D eigenvalue weighted by molar-refractivity contribution is 0.412. The van der Waals surface area contributed by atoms with Crippen LogP contribution in [0.15, 0.2) is 36.8 Å². The van der Waals surface area contributed by atoms with Crippen LogP contribution in [0.3, 0.4) is 0 Å². The molecule has 0 bridgehead atoms. The first-order valence-electron chi connectivity index (χ1n) is 9.20. The molecule has 0 saturated carbocycles. The molecule has 27 heavy (non-hydrogen) atoms. The average Bonchev–Trinajstić information content (AvgIpc) is 2.98. The first kappa shape index (κ1) is 18.1. The van der Waals surface area contributed by atoms with E-state index in [1.807, 2.05) is 24.4 Å². The number of aromatic amines is 1. The van der Waals surface area contributed by atoms with E-state index >= 15 is 0 Å². The molecular formula is C19H23N5O2S. The number of nitrogens with one attached hydrogen (secondary N) is 1. The minimum absolute atomic E-state index is 0.411. The largest absolute Gasteiger partial charge is 0.345 e. The van der Waals surface area contributed by atoms with E-state index in [0.717, 1.165) is 53.8 Å². The van der Waals surface area contributed by atoms with E-state index in [1.54, 1.807) is 16.7 Å². The Morgan fingerprint density at radius 2 is 2.11 bits per heavy atom. The van der Waals surface area contributed by atoms with Gasteiger partial charge in [0.2, 0.25) is 10.0 Å². The summed E-state index contributed by atoms with van der Waals surface area (Å²) < 4.78 is 25.2. The van der Waals surface area contributed by atoms with Crippen molar-refractivity contribution >= 4 is 21.2 Å². The summed E-state index contributed by atoms with van der Waals surface area (Å²) in [5.74, 6) is 0.411. The second kappa shape index (κ2) is 7.36. The lowest BCUT2D eigenvalue weighted by atomic mass is 9.93. The third-order valence-electron chi connectivity index (χ3n) is 5.18. The normalized spacial score (nSPS) is 19.2. The maximum Gasteiger partial charge on any atom is 0.211 e. The topological polar surface area (TPSA) is 91.8 Å². The van der Waals surface area contributed by atoms with E-state index in [2.05, 4.69) is 15.0 Å². The van der Waals surface area contributed by atoms with Gasteiger partial charge in [0.1, 0.15) is 5.52 Å². The van der Waals surface area contributed by atoms with Gasteiger partial charge in [-0.05, 0) is 49.8 Å². The van der Waals surface area contributed by atoms with E-state index in [4.69, 9.17) is 4.98 Å². The van der Waals surface area contributed by atoms with Crippen molar-refractivity contribution in [3.05, 3.63) is 42.5 Å². The van der Waals surface area contributed by atoms with Crippen LogP contribution in [0.5, 0.6) is 0 Å². The third-order valence-corrected chi connectivity index (χ3v) is 6.49. The number of rotatable bonds is 4.